The van der Waals surface area contributed by atoms with Gasteiger partial charge in [0.05, 0.1) is 17.0 Å². The number of nitrogens with one attached hydrogen (secondary N) is 1. The van der Waals surface area contributed by atoms with Crippen LogP contribution in [0, 0.1) is 6.92 Å². The number of thiophene rings is 1. The number of halogens is 1. The van der Waals surface area contributed by atoms with Crippen LogP contribution in [-0.4, -0.2) is 30.9 Å². The van der Waals surface area contributed by atoms with E-state index in [9.17, 15) is 14.4 Å². The van der Waals surface area contributed by atoms with Crippen LogP contribution in [0.3, 0.4) is 0 Å². The first-order chi connectivity index (χ1) is 12.3. The quantitative estimate of drug-likeness (QED) is 0.515. The molecule has 0 unspecified atom stereocenters. The highest BCUT2D eigenvalue weighted by Gasteiger charge is 2.25. The predicted octanol–water partition coefficient (Wildman–Crippen LogP) is 4.22. The Kier molecular flexibility index (Phi) is 6.93. The summed E-state index contributed by atoms with van der Waals surface area (Å²) in [4.78, 5) is 36.6. The molecule has 1 heterocycles. The van der Waals surface area contributed by atoms with Crippen molar-refractivity contribution in [1.29, 1.82) is 0 Å². The van der Waals surface area contributed by atoms with Crippen LogP contribution in [0.4, 0.5) is 5.00 Å². The van der Waals surface area contributed by atoms with Crippen LogP contribution < -0.4 is 10.1 Å². The summed E-state index contributed by atoms with van der Waals surface area (Å²) in [5, 5.41) is 2.93. The zero-order chi connectivity index (χ0) is 19.3. The lowest BCUT2D eigenvalue weighted by atomic mass is 10.1. The number of Topliss-reactive ketones (excluding diaryl/α,β-unsaturated/α-hetero) is 1. The number of hydrogen-bond acceptors (Lipinski definition) is 6. The van der Waals surface area contributed by atoms with Gasteiger partial charge in [-0.3, -0.25) is 9.59 Å². The van der Waals surface area contributed by atoms with Crippen molar-refractivity contribution in [2.45, 2.75) is 20.8 Å². The number of rotatable bonds is 7. The fourth-order valence-corrected chi connectivity index (χ4v) is 3.74. The van der Waals surface area contributed by atoms with Crippen LogP contribution in [0.15, 0.2) is 28.7 Å². The van der Waals surface area contributed by atoms with Crippen molar-refractivity contribution in [3.8, 4) is 5.75 Å². The van der Waals surface area contributed by atoms with Crippen molar-refractivity contribution < 1.29 is 23.9 Å². The molecule has 8 heteroatoms. The zero-order valence-electron chi connectivity index (χ0n) is 14.6. The van der Waals surface area contributed by atoms with Crippen LogP contribution >= 0.6 is 27.3 Å². The molecule has 0 saturated heterocycles. The summed E-state index contributed by atoms with van der Waals surface area (Å²) in [6.45, 7) is 4.73. The third-order valence-corrected chi connectivity index (χ3v) is 5.17. The van der Waals surface area contributed by atoms with Crippen molar-refractivity contribution in [2.24, 2.45) is 0 Å². The monoisotopic (exact) mass is 439 g/mol. The lowest BCUT2D eigenvalue weighted by molar-refractivity contribution is -0.118. The number of carbonyl (C=O) groups excluding carboxylic acids is 3. The van der Waals surface area contributed by atoms with Gasteiger partial charge in [0.15, 0.2) is 12.4 Å². The number of anilines is 1. The molecule has 0 fully saturated rings. The number of esters is 1. The van der Waals surface area contributed by atoms with Gasteiger partial charge in [-0.15, -0.1) is 11.3 Å². The second-order valence-electron chi connectivity index (χ2n) is 5.33. The molecule has 0 saturated carbocycles. The summed E-state index contributed by atoms with van der Waals surface area (Å²) in [6.07, 6.45) is 0. The third kappa shape index (κ3) is 4.92. The van der Waals surface area contributed by atoms with Crippen molar-refractivity contribution in [1.82, 2.24) is 0 Å². The van der Waals surface area contributed by atoms with E-state index < -0.39 is 11.9 Å². The molecule has 0 aliphatic rings. The van der Waals surface area contributed by atoms with E-state index in [1.54, 1.807) is 32.0 Å². The SMILES string of the molecule is CCOC(=O)c1c(NC(=O)COc2cccc(Br)c2)sc(C(C)=O)c1C. The minimum atomic E-state index is -0.572. The first-order valence-corrected chi connectivity index (χ1v) is 9.44. The fourth-order valence-electron chi connectivity index (χ4n) is 2.25. The smallest absolute Gasteiger partial charge is 0.341 e. The van der Waals surface area contributed by atoms with Gasteiger partial charge in [0.2, 0.25) is 0 Å². The number of amides is 1. The molecule has 1 aromatic heterocycles. The molecule has 1 aromatic carbocycles. The van der Waals surface area contributed by atoms with Crippen LogP contribution in [0.25, 0.3) is 0 Å². The molecule has 0 atom stereocenters. The van der Waals surface area contributed by atoms with E-state index in [0.717, 1.165) is 15.8 Å². The van der Waals surface area contributed by atoms with E-state index in [1.807, 2.05) is 6.07 Å². The summed E-state index contributed by atoms with van der Waals surface area (Å²) >= 11 is 4.38. The van der Waals surface area contributed by atoms with Gasteiger partial charge in [-0.25, -0.2) is 4.79 Å². The van der Waals surface area contributed by atoms with E-state index in [2.05, 4.69) is 21.2 Å². The van der Waals surface area contributed by atoms with E-state index in [-0.39, 0.29) is 29.6 Å². The number of hydrogen-bond donors (Lipinski definition) is 1. The highest BCUT2D eigenvalue weighted by atomic mass is 79.9. The number of ether oxygens (including phenoxy) is 2. The van der Waals surface area contributed by atoms with Crippen LogP contribution in [0.1, 0.15) is 39.4 Å². The Hall–Kier alpha value is -2.19. The molecular weight excluding hydrogens is 422 g/mol. The molecule has 1 amide bonds. The highest BCUT2D eigenvalue weighted by molar-refractivity contribution is 9.10. The lowest BCUT2D eigenvalue weighted by Gasteiger charge is -2.08. The summed E-state index contributed by atoms with van der Waals surface area (Å²) < 4.78 is 11.3. The van der Waals surface area contributed by atoms with E-state index in [1.165, 1.54) is 6.92 Å². The minimum Gasteiger partial charge on any atom is -0.484 e. The second-order valence-corrected chi connectivity index (χ2v) is 7.27. The average molecular weight is 440 g/mol. The number of carbonyl (C=O) groups is 3. The summed E-state index contributed by atoms with van der Waals surface area (Å²) in [5.41, 5.74) is 0.710. The molecule has 0 radical (unpaired) electrons. The van der Waals surface area contributed by atoms with E-state index in [0.29, 0.717) is 16.2 Å². The zero-order valence-corrected chi connectivity index (χ0v) is 17.0. The largest absolute Gasteiger partial charge is 0.484 e. The maximum atomic E-state index is 12.2. The molecule has 0 bridgehead atoms. The third-order valence-electron chi connectivity index (χ3n) is 3.37. The summed E-state index contributed by atoms with van der Waals surface area (Å²) in [7, 11) is 0. The van der Waals surface area contributed by atoms with Crippen LogP contribution in [0.5, 0.6) is 5.75 Å². The number of ketones is 1. The maximum Gasteiger partial charge on any atom is 0.341 e. The Morgan fingerprint density at radius 3 is 2.62 bits per heavy atom. The standard InChI is InChI=1S/C18H18BrNO5S/c1-4-24-18(23)15-10(2)16(11(3)21)26-17(15)20-14(22)9-25-13-7-5-6-12(19)8-13/h5-8H,4,9H2,1-3H3,(H,20,22). The van der Waals surface area contributed by atoms with Crippen molar-refractivity contribution in [3.63, 3.8) is 0 Å². The first kappa shape index (κ1) is 20.1. The molecule has 138 valence electrons. The molecule has 0 spiro atoms. The average Bonchev–Trinajstić information content (AvgIpc) is 2.89. The predicted molar refractivity (Wildman–Crippen MR) is 103 cm³/mol. The van der Waals surface area contributed by atoms with Crippen molar-refractivity contribution in [3.05, 3.63) is 44.7 Å². The molecule has 26 heavy (non-hydrogen) atoms. The topological polar surface area (TPSA) is 81.7 Å². The first-order valence-electron chi connectivity index (χ1n) is 7.83. The number of benzene rings is 1. The highest BCUT2D eigenvalue weighted by Crippen LogP contribution is 2.34. The fraction of sp³-hybridized carbons (Fsp3) is 0.278. The Labute approximate surface area is 163 Å². The molecule has 1 N–H and O–H groups in total. The van der Waals surface area contributed by atoms with E-state index in [4.69, 9.17) is 9.47 Å². The van der Waals surface area contributed by atoms with Gasteiger partial charge < -0.3 is 14.8 Å². The van der Waals surface area contributed by atoms with Gasteiger partial charge in [-0.05, 0) is 44.5 Å². The molecule has 0 aliphatic heterocycles. The van der Waals surface area contributed by atoms with Gasteiger partial charge in [0.1, 0.15) is 10.8 Å². The molecule has 0 aliphatic carbocycles. The van der Waals surface area contributed by atoms with Gasteiger partial charge in [0, 0.05) is 4.47 Å². The molecular formula is C18H18BrNO5S. The maximum absolute atomic E-state index is 12.2. The van der Waals surface area contributed by atoms with Gasteiger partial charge in [-0.1, -0.05) is 22.0 Å². The normalized spacial score (nSPS) is 10.3. The molecule has 2 rings (SSSR count). The van der Waals surface area contributed by atoms with Crippen LogP contribution in [0.2, 0.25) is 0 Å². The lowest BCUT2D eigenvalue weighted by Crippen LogP contribution is -2.21. The van der Waals surface area contributed by atoms with Crippen LogP contribution in [-0.2, 0) is 9.53 Å². The Bertz CT molecular complexity index is 846. The van der Waals surface area contributed by atoms with Crippen molar-refractivity contribution in [2.75, 3.05) is 18.5 Å². The van der Waals surface area contributed by atoms with Gasteiger partial charge in [0.25, 0.3) is 5.91 Å². The molecule has 6 nitrogen and oxygen atoms in total. The second kappa shape index (κ2) is 8.95. The van der Waals surface area contributed by atoms with Gasteiger partial charge >= 0.3 is 5.97 Å². The Morgan fingerprint density at radius 2 is 2.00 bits per heavy atom. The summed E-state index contributed by atoms with van der Waals surface area (Å²) in [5.74, 6) is -0.653. The van der Waals surface area contributed by atoms with Gasteiger partial charge in [-0.2, -0.15) is 0 Å². The van der Waals surface area contributed by atoms with Crippen molar-refractivity contribution >= 4 is 49.9 Å². The van der Waals surface area contributed by atoms with E-state index >= 15 is 0 Å². The Balaban J connectivity index is 2.16. The Morgan fingerprint density at radius 1 is 1.27 bits per heavy atom. The summed E-state index contributed by atoms with van der Waals surface area (Å²) in [6, 6.07) is 7.10. The minimum absolute atomic E-state index is 0.177. The molecule has 2 aromatic rings.